The first-order chi connectivity index (χ1) is 8.92. The molecule has 1 aromatic carbocycles. The predicted octanol–water partition coefficient (Wildman–Crippen LogP) is 1.86. The van der Waals surface area contributed by atoms with Crippen molar-refractivity contribution in [2.75, 3.05) is 25.1 Å². The van der Waals surface area contributed by atoms with E-state index < -0.39 is 0 Å². The second-order valence-corrected chi connectivity index (χ2v) is 4.57. The summed E-state index contributed by atoms with van der Waals surface area (Å²) in [5.41, 5.74) is 1.67. The van der Waals surface area contributed by atoms with Gasteiger partial charge in [-0.3, -0.25) is 0 Å². The molecule has 94 valence electrons. The molecule has 0 aliphatic heterocycles. The number of hydrogen-bond acceptors (Lipinski definition) is 5. The summed E-state index contributed by atoms with van der Waals surface area (Å²) in [7, 11) is 0. The third-order valence-electron chi connectivity index (χ3n) is 2.94. The van der Waals surface area contributed by atoms with E-state index in [9.17, 15) is 0 Å². The topological polar surface area (TPSA) is 59.9 Å². The van der Waals surface area contributed by atoms with E-state index >= 15 is 0 Å². The maximum absolute atomic E-state index is 5.53. The molecule has 3 rings (SSSR count). The highest BCUT2D eigenvalue weighted by atomic mass is 16.5. The molecule has 1 aromatic heterocycles. The molecule has 5 heteroatoms. The Bertz CT molecular complexity index is 527. The molecule has 2 aromatic rings. The standard InChI is InChI=1S/C13H16N4O/c1-2-4-12-11(3-1)15-13(17-16-12)14-7-8-18-9-10-5-6-10/h1-4,10H,5-9H2,(H,14,15,17). The van der Waals surface area contributed by atoms with Crippen LogP contribution in [0.2, 0.25) is 0 Å². The SMILES string of the molecule is c1ccc2nc(NCCOCC3CC3)nnc2c1. The van der Waals surface area contributed by atoms with Crippen LogP contribution < -0.4 is 5.32 Å². The van der Waals surface area contributed by atoms with E-state index in [0.29, 0.717) is 19.1 Å². The monoisotopic (exact) mass is 244 g/mol. The normalized spacial score (nSPS) is 14.9. The Labute approximate surface area is 106 Å². The molecule has 0 radical (unpaired) electrons. The van der Waals surface area contributed by atoms with Crippen molar-refractivity contribution < 1.29 is 4.74 Å². The van der Waals surface area contributed by atoms with Crippen LogP contribution in [0.1, 0.15) is 12.8 Å². The summed E-state index contributed by atoms with van der Waals surface area (Å²) in [4.78, 5) is 4.38. The molecular formula is C13H16N4O. The zero-order valence-electron chi connectivity index (χ0n) is 10.2. The maximum Gasteiger partial charge on any atom is 0.243 e. The minimum atomic E-state index is 0.559. The van der Waals surface area contributed by atoms with Gasteiger partial charge in [0.25, 0.3) is 0 Å². The number of ether oxygens (including phenoxy) is 1. The highest BCUT2D eigenvalue weighted by Crippen LogP contribution is 2.28. The summed E-state index contributed by atoms with van der Waals surface area (Å²) in [6, 6.07) is 7.70. The van der Waals surface area contributed by atoms with Gasteiger partial charge in [-0.15, -0.1) is 10.2 Å². The summed E-state index contributed by atoms with van der Waals surface area (Å²) < 4.78 is 5.53. The maximum atomic E-state index is 5.53. The largest absolute Gasteiger partial charge is 0.379 e. The average molecular weight is 244 g/mol. The Morgan fingerprint density at radius 3 is 2.83 bits per heavy atom. The summed E-state index contributed by atoms with van der Waals surface area (Å²) in [5.74, 6) is 1.37. The van der Waals surface area contributed by atoms with Crippen molar-refractivity contribution in [3.63, 3.8) is 0 Å². The van der Waals surface area contributed by atoms with Crippen LogP contribution in [-0.2, 0) is 4.74 Å². The lowest BCUT2D eigenvalue weighted by Crippen LogP contribution is -2.13. The van der Waals surface area contributed by atoms with Crippen molar-refractivity contribution in [3.8, 4) is 0 Å². The molecule has 1 heterocycles. The minimum absolute atomic E-state index is 0.559. The number of benzene rings is 1. The number of nitrogens with zero attached hydrogens (tertiary/aromatic N) is 3. The molecule has 0 saturated heterocycles. The van der Waals surface area contributed by atoms with Crippen molar-refractivity contribution in [1.29, 1.82) is 0 Å². The van der Waals surface area contributed by atoms with E-state index in [1.165, 1.54) is 12.8 Å². The van der Waals surface area contributed by atoms with Gasteiger partial charge in [0.15, 0.2) is 0 Å². The van der Waals surface area contributed by atoms with Crippen LogP contribution in [-0.4, -0.2) is 34.9 Å². The number of fused-ring (bicyclic) bond motifs is 1. The second kappa shape index (κ2) is 5.27. The van der Waals surface area contributed by atoms with Crippen LogP contribution in [0, 0.1) is 5.92 Å². The van der Waals surface area contributed by atoms with E-state index in [1.54, 1.807) is 0 Å². The number of hydrogen-bond donors (Lipinski definition) is 1. The van der Waals surface area contributed by atoms with E-state index in [4.69, 9.17) is 4.74 Å². The number of aromatic nitrogens is 3. The molecule has 0 unspecified atom stereocenters. The lowest BCUT2D eigenvalue weighted by molar-refractivity contribution is 0.133. The van der Waals surface area contributed by atoms with Gasteiger partial charge in [0, 0.05) is 13.2 Å². The summed E-state index contributed by atoms with van der Waals surface area (Å²) in [6.45, 7) is 2.29. The van der Waals surface area contributed by atoms with Gasteiger partial charge in [0.05, 0.1) is 12.1 Å². The smallest absolute Gasteiger partial charge is 0.243 e. The zero-order valence-corrected chi connectivity index (χ0v) is 10.2. The highest BCUT2D eigenvalue weighted by molar-refractivity contribution is 5.73. The third kappa shape index (κ3) is 2.92. The fourth-order valence-corrected chi connectivity index (χ4v) is 1.73. The van der Waals surface area contributed by atoms with Gasteiger partial charge < -0.3 is 10.1 Å². The van der Waals surface area contributed by atoms with Gasteiger partial charge >= 0.3 is 0 Å². The Morgan fingerprint density at radius 2 is 2.00 bits per heavy atom. The molecule has 1 aliphatic rings. The third-order valence-corrected chi connectivity index (χ3v) is 2.94. The summed E-state index contributed by atoms with van der Waals surface area (Å²) in [6.07, 6.45) is 2.65. The Hall–Kier alpha value is -1.75. The van der Waals surface area contributed by atoms with Crippen molar-refractivity contribution in [2.24, 2.45) is 5.92 Å². The molecule has 0 spiro atoms. The summed E-state index contributed by atoms with van der Waals surface area (Å²) >= 11 is 0. The molecule has 0 bridgehead atoms. The molecular weight excluding hydrogens is 228 g/mol. The number of para-hydroxylation sites is 1. The molecule has 0 atom stereocenters. The van der Waals surface area contributed by atoms with Gasteiger partial charge in [-0.05, 0) is 30.9 Å². The van der Waals surface area contributed by atoms with Crippen LogP contribution in [0.25, 0.3) is 11.0 Å². The quantitative estimate of drug-likeness (QED) is 0.786. The first-order valence-electron chi connectivity index (χ1n) is 6.33. The molecule has 1 N–H and O–H groups in total. The fourth-order valence-electron chi connectivity index (χ4n) is 1.73. The second-order valence-electron chi connectivity index (χ2n) is 4.57. The Morgan fingerprint density at radius 1 is 1.17 bits per heavy atom. The Balaban J connectivity index is 1.50. The molecule has 1 fully saturated rings. The number of rotatable bonds is 6. The highest BCUT2D eigenvalue weighted by Gasteiger charge is 2.20. The van der Waals surface area contributed by atoms with Gasteiger partial charge in [-0.25, -0.2) is 4.98 Å². The first-order valence-corrected chi connectivity index (χ1v) is 6.33. The lowest BCUT2D eigenvalue weighted by Gasteiger charge is -2.05. The van der Waals surface area contributed by atoms with Crippen LogP contribution in [0.4, 0.5) is 5.95 Å². The van der Waals surface area contributed by atoms with Crippen molar-refractivity contribution >= 4 is 17.0 Å². The minimum Gasteiger partial charge on any atom is -0.379 e. The van der Waals surface area contributed by atoms with Gasteiger partial charge in [-0.2, -0.15) is 0 Å². The van der Waals surface area contributed by atoms with E-state index in [1.807, 2.05) is 24.3 Å². The predicted molar refractivity (Wildman–Crippen MR) is 69.4 cm³/mol. The van der Waals surface area contributed by atoms with Crippen LogP contribution in [0.5, 0.6) is 0 Å². The van der Waals surface area contributed by atoms with Crippen molar-refractivity contribution in [3.05, 3.63) is 24.3 Å². The van der Waals surface area contributed by atoms with Gasteiger partial charge in [0.2, 0.25) is 5.95 Å². The summed E-state index contributed by atoms with van der Waals surface area (Å²) in [5, 5.41) is 11.2. The van der Waals surface area contributed by atoms with Crippen LogP contribution >= 0.6 is 0 Å². The van der Waals surface area contributed by atoms with Gasteiger partial charge in [0.1, 0.15) is 5.52 Å². The lowest BCUT2D eigenvalue weighted by atomic mass is 10.3. The van der Waals surface area contributed by atoms with E-state index in [2.05, 4.69) is 20.5 Å². The van der Waals surface area contributed by atoms with Gasteiger partial charge in [-0.1, -0.05) is 12.1 Å². The molecule has 0 amide bonds. The van der Waals surface area contributed by atoms with Crippen LogP contribution in [0.15, 0.2) is 24.3 Å². The average Bonchev–Trinajstić information content (AvgIpc) is 3.22. The Kier molecular flexibility index (Phi) is 3.32. The van der Waals surface area contributed by atoms with Crippen LogP contribution in [0.3, 0.4) is 0 Å². The number of anilines is 1. The zero-order chi connectivity index (χ0) is 12.2. The number of nitrogens with one attached hydrogen (secondary N) is 1. The fraction of sp³-hybridized carbons (Fsp3) is 0.462. The molecule has 1 aliphatic carbocycles. The molecule has 5 nitrogen and oxygen atoms in total. The van der Waals surface area contributed by atoms with Crippen molar-refractivity contribution in [1.82, 2.24) is 15.2 Å². The molecule has 1 saturated carbocycles. The van der Waals surface area contributed by atoms with E-state index in [0.717, 1.165) is 23.6 Å². The molecule has 18 heavy (non-hydrogen) atoms. The van der Waals surface area contributed by atoms with E-state index in [-0.39, 0.29) is 0 Å². The van der Waals surface area contributed by atoms with Crippen molar-refractivity contribution in [2.45, 2.75) is 12.8 Å². The first kappa shape index (κ1) is 11.3.